The molecule has 0 bridgehead atoms. The highest BCUT2D eigenvalue weighted by molar-refractivity contribution is 6.46. The molecule has 92 valence electrons. The Morgan fingerprint density at radius 3 is 2.59 bits per heavy atom. The van der Waals surface area contributed by atoms with Crippen molar-refractivity contribution in [3.05, 3.63) is 11.9 Å². The first-order valence-electron chi connectivity index (χ1n) is 6.15. The average Bonchev–Trinajstić information content (AvgIpc) is 2.88. The van der Waals surface area contributed by atoms with Gasteiger partial charge in [0.1, 0.15) is 17.1 Å². The summed E-state index contributed by atoms with van der Waals surface area (Å²) < 4.78 is 0. The molecule has 0 saturated heterocycles. The number of allylic oxidation sites excluding steroid dienone is 1. The molecular formula is C12H18N4O. The second kappa shape index (κ2) is 3.32. The van der Waals surface area contributed by atoms with Crippen LogP contribution in [0.1, 0.15) is 32.6 Å². The summed E-state index contributed by atoms with van der Waals surface area (Å²) in [6.45, 7) is 1.80. The molecule has 1 fully saturated rings. The van der Waals surface area contributed by atoms with Gasteiger partial charge < -0.3 is 5.01 Å². The van der Waals surface area contributed by atoms with Gasteiger partial charge in [-0.3, -0.25) is 4.79 Å². The Hall–Kier alpha value is -1.36. The maximum Gasteiger partial charge on any atom is 0.228 e. The van der Waals surface area contributed by atoms with Gasteiger partial charge in [0.15, 0.2) is 0 Å². The van der Waals surface area contributed by atoms with Crippen molar-refractivity contribution in [3.8, 4) is 0 Å². The number of hydrazone groups is 1. The fraction of sp³-hybridized carbons (Fsp3) is 0.667. The first kappa shape index (κ1) is 10.8. The highest BCUT2D eigenvalue weighted by atomic mass is 16.1. The third kappa shape index (κ3) is 1.23. The van der Waals surface area contributed by atoms with Crippen molar-refractivity contribution in [3.63, 3.8) is 0 Å². The Labute approximate surface area is 101 Å². The smallest absolute Gasteiger partial charge is 0.228 e. The summed E-state index contributed by atoms with van der Waals surface area (Å²) in [7, 11) is 4.07. The van der Waals surface area contributed by atoms with Crippen LogP contribution in [0.3, 0.4) is 0 Å². The lowest BCUT2D eigenvalue weighted by Crippen LogP contribution is -2.61. The molecule has 5 heteroatoms. The molecule has 0 unspecified atom stereocenters. The number of nitrogens with zero attached hydrogens (tertiary/aromatic N) is 4. The zero-order valence-corrected chi connectivity index (χ0v) is 10.6. The van der Waals surface area contributed by atoms with Crippen LogP contribution in [0.15, 0.2) is 17.0 Å². The molecule has 3 aliphatic rings. The van der Waals surface area contributed by atoms with Crippen molar-refractivity contribution in [1.29, 1.82) is 0 Å². The van der Waals surface area contributed by atoms with Crippen LogP contribution in [0.25, 0.3) is 0 Å². The van der Waals surface area contributed by atoms with Gasteiger partial charge in [-0.25, -0.2) is 5.01 Å². The molecule has 0 aromatic rings. The zero-order valence-electron chi connectivity index (χ0n) is 10.6. The highest BCUT2D eigenvalue weighted by Gasteiger charge is 2.51. The van der Waals surface area contributed by atoms with Crippen LogP contribution >= 0.6 is 0 Å². The van der Waals surface area contributed by atoms with Crippen LogP contribution in [-0.4, -0.2) is 46.3 Å². The Balaban J connectivity index is 2.11. The topological polar surface area (TPSA) is 39.1 Å². The fourth-order valence-electron chi connectivity index (χ4n) is 3.13. The van der Waals surface area contributed by atoms with Gasteiger partial charge in [-0.1, -0.05) is 0 Å². The van der Waals surface area contributed by atoms with E-state index in [9.17, 15) is 4.79 Å². The lowest BCUT2D eigenvalue weighted by Gasteiger charge is -2.51. The molecule has 3 rings (SSSR count). The van der Waals surface area contributed by atoms with E-state index in [1.807, 2.05) is 23.3 Å². The minimum absolute atomic E-state index is 0.0659. The zero-order chi connectivity index (χ0) is 12.2. The summed E-state index contributed by atoms with van der Waals surface area (Å²) >= 11 is 0. The lowest BCUT2D eigenvalue weighted by atomic mass is 10.0. The Morgan fingerprint density at radius 1 is 1.29 bits per heavy atom. The summed E-state index contributed by atoms with van der Waals surface area (Å²) in [6.07, 6.45) is 6.41. The van der Waals surface area contributed by atoms with Crippen LogP contribution in [0.2, 0.25) is 0 Å². The molecule has 17 heavy (non-hydrogen) atoms. The molecule has 0 aromatic carbocycles. The molecule has 5 nitrogen and oxygen atoms in total. The maximum atomic E-state index is 12.0. The molecule has 1 aliphatic carbocycles. The van der Waals surface area contributed by atoms with Crippen molar-refractivity contribution in [2.45, 2.75) is 38.3 Å². The van der Waals surface area contributed by atoms with E-state index in [1.165, 1.54) is 12.8 Å². The molecule has 0 aromatic heterocycles. The Kier molecular flexibility index (Phi) is 2.10. The van der Waals surface area contributed by atoms with Crippen molar-refractivity contribution < 1.29 is 4.79 Å². The monoisotopic (exact) mass is 234 g/mol. The van der Waals surface area contributed by atoms with E-state index in [4.69, 9.17) is 0 Å². The predicted octanol–water partition coefficient (Wildman–Crippen LogP) is 1.15. The predicted molar refractivity (Wildman–Crippen MR) is 64.8 cm³/mol. The summed E-state index contributed by atoms with van der Waals surface area (Å²) in [6, 6.07) is 0. The number of rotatable bonds is 0. The van der Waals surface area contributed by atoms with Crippen molar-refractivity contribution in [2.75, 3.05) is 14.1 Å². The van der Waals surface area contributed by atoms with E-state index < -0.39 is 0 Å². The van der Waals surface area contributed by atoms with Gasteiger partial charge in [0.05, 0.1) is 0 Å². The number of hydrazine groups is 1. The third-order valence-electron chi connectivity index (χ3n) is 4.22. The van der Waals surface area contributed by atoms with E-state index in [-0.39, 0.29) is 11.4 Å². The highest BCUT2D eigenvalue weighted by Crippen LogP contribution is 2.44. The standard InChI is InChI=1S/C12H18N4O/c1-9-11(17)10-8-14(2)15(3)12(16(10)13-9)6-4-5-7-12/h8H,4-7H2,1-3H3. The second-order valence-electron chi connectivity index (χ2n) is 5.13. The number of hydrogen-bond acceptors (Lipinski definition) is 5. The number of carbonyl (C=O) groups is 1. The van der Waals surface area contributed by atoms with Crippen LogP contribution in [-0.2, 0) is 4.79 Å². The first-order valence-corrected chi connectivity index (χ1v) is 6.15. The van der Waals surface area contributed by atoms with E-state index in [0.717, 1.165) is 18.5 Å². The van der Waals surface area contributed by atoms with Gasteiger partial charge in [-0.2, -0.15) is 10.1 Å². The molecular weight excluding hydrogens is 216 g/mol. The minimum Gasteiger partial charge on any atom is -0.312 e. The summed E-state index contributed by atoms with van der Waals surface area (Å²) in [5, 5.41) is 10.7. The Bertz CT molecular complexity index is 434. The van der Waals surface area contributed by atoms with Crippen molar-refractivity contribution in [2.24, 2.45) is 5.10 Å². The summed E-state index contributed by atoms with van der Waals surface area (Å²) in [5.74, 6) is 0.0659. The van der Waals surface area contributed by atoms with Crippen LogP contribution in [0, 0.1) is 0 Å². The number of ketones is 1. The van der Waals surface area contributed by atoms with E-state index >= 15 is 0 Å². The molecule has 0 radical (unpaired) electrons. The third-order valence-corrected chi connectivity index (χ3v) is 4.22. The van der Waals surface area contributed by atoms with Crippen molar-refractivity contribution in [1.82, 2.24) is 15.0 Å². The van der Waals surface area contributed by atoms with E-state index in [0.29, 0.717) is 5.71 Å². The second-order valence-corrected chi connectivity index (χ2v) is 5.13. The van der Waals surface area contributed by atoms with Crippen LogP contribution in [0.5, 0.6) is 0 Å². The van der Waals surface area contributed by atoms with E-state index in [2.05, 4.69) is 17.2 Å². The molecule has 2 aliphatic heterocycles. The van der Waals surface area contributed by atoms with Crippen LogP contribution < -0.4 is 0 Å². The van der Waals surface area contributed by atoms with Gasteiger partial charge in [0.25, 0.3) is 0 Å². The average molecular weight is 234 g/mol. The van der Waals surface area contributed by atoms with Gasteiger partial charge in [-0.05, 0) is 32.6 Å². The summed E-state index contributed by atoms with van der Waals surface area (Å²) in [5.41, 5.74) is 1.21. The lowest BCUT2D eigenvalue weighted by molar-refractivity contribution is -0.139. The van der Waals surface area contributed by atoms with Gasteiger partial charge >= 0.3 is 0 Å². The minimum atomic E-state index is -0.119. The summed E-state index contributed by atoms with van der Waals surface area (Å²) in [4.78, 5) is 12.0. The quantitative estimate of drug-likeness (QED) is 0.630. The number of fused-ring (bicyclic) bond motifs is 2. The van der Waals surface area contributed by atoms with Crippen molar-refractivity contribution >= 4 is 11.5 Å². The molecule has 0 atom stereocenters. The molecule has 2 heterocycles. The van der Waals surface area contributed by atoms with E-state index in [1.54, 1.807) is 6.92 Å². The van der Waals surface area contributed by atoms with Gasteiger partial charge in [0.2, 0.25) is 5.78 Å². The first-order chi connectivity index (χ1) is 8.06. The normalized spacial score (nSPS) is 27.6. The van der Waals surface area contributed by atoms with Gasteiger partial charge in [0, 0.05) is 20.3 Å². The number of hydrogen-bond donors (Lipinski definition) is 0. The molecule has 1 spiro atoms. The number of Topliss-reactive ketones (excluding diaryl/α,β-unsaturated/α-hetero) is 1. The largest absolute Gasteiger partial charge is 0.312 e. The van der Waals surface area contributed by atoms with Gasteiger partial charge in [-0.15, -0.1) is 0 Å². The SMILES string of the molecule is CC1=NN2C(=CN(C)N(C)C23CCCC3)C1=O. The van der Waals surface area contributed by atoms with Crippen LogP contribution in [0.4, 0.5) is 0 Å². The molecule has 0 N–H and O–H groups in total. The molecule has 0 amide bonds. The number of carbonyl (C=O) groups excluding carboxylic acids is 1. The maximum absolute atomic E-state index is 12.0. The Morgan fingerprint density at radius 2 is 1.94 bits per heavy atom. The fourth-order valence-corrected chi connectivity index (χ4v) is 3.13. The molecule has 1 saturated carbocycles.